The Bertz CT molecular complexity index is 311. The molecule has 1 heterocycles. The lowest BCUT2D eigenvalue weighted by Crippen LogP contribution is -2.40. The fourth-order valence-corrected chi connectivity index (χ4v) is 1.43. The standard InChI is InChI=1S/C10H16N4/c1-9(14-6-4-5-13-14)7-10(2,8-11)12-3/h4-6,9,12H,7H2,1-3H3. The van der Waals surface area contributed by atoms with Gasteiger partial charge in [-0.2, -0.15) is 10.4 Å². The molecule has 1 aromatic rings. The summed E-state index contributed by atoms with van der Waals surface area (Å²) in [6.45, 7) is 3.95. The number of hydrogen-bond donors (Lipinski definition) is 1. The lowest BCUT2D eigenvalue weighted by molar-refractivity contribution is 0.349. The number of nitriles is 1. The minimum absolute atomic E-state index is 0.224. The van der Waals surface area contributed by atoms with Gasteiger partial charge in [-0.1, -0.05) is 0 Å². The van der Waals surface area contributed by atoms with E-state index in [4.69, 9.17) is 5.26 Å². The van der Waals surface area contributed by atoms with E-state index in [0.29, 0.717) is 0 Å². The van der Waals surface area contributed by atoms with Gasteiger partial charge in [0.15, 0.2) is 0 Å². The molecule has 0 saturated heterocycles. The maximum absolute atomic E-state index is 8.99. The highest BCUT2D eigenvalue weighted by molar-refractivity contribution is 5.04. The molecule has 2 atom stereocenters. The fourth-order valence-electron chi connectivity index (χ4n) is 1.43. The molecule has 0 fully saturated rings. The monoisotopic (exact) mass is 192 g/mol. The molecular formula is C10H16N4. The van der Waals surface area contributed by atoms with Crippen LogP contribution in [0.4, 0.5) is 0 Å². The molecule has 2 unspecified atom stereocenters. The minimum atomic E-state index is -0.481. The summed E-state index contributed by atoms with van der Waals surface area (Å²) >= 11 is 0. The average molecular weight is 192 g/mol. The van der Waals surface area contributed by atoms with Crippen molar-refractivity contribution in [3.05, 3.63) is 18.5 Å². The zero-order valence-corrected chi connectivity index (χ0v) is 8.86. The van der Waals surface area contributed by atoms with E-state index >= 15 is 0 Å². The van der Waals surface area contributed by atoms with Gasteiger partial charge in [0.25, 0.3) is 0 Å². The predicted octanol–water partition coefficient (Wildman–Crippen LogP) is 1.34. The Morgan fingerprint density at radius 2 is 2.43 bits per heavy atom. The Hall–Kier alpha value is -1.34. The summed E-state index contributed by atoms with van der Waals surface area (Å²) in [5.41, 5.74) is -0.481. The van der Waals surface area contributed by atoms with E-state index in [9.17, 15) is 0 Å². The van der Waals surface area contributed by atoms with E-state index in [1.54, 1.807) is 13.2 Å². The SMILES string of the molecule is CNC(C)(C#N)CC(C)n1cccn1. The topological polar surface area (TPSA) is 53.6 Å². The molecule has 0 radical (unpaired) electrons. The first-order valence-electron chi connectivity index (χ1n) is 4.70. The molecule has 0 aliphatic carbocycles. The normalized spacial score (nSPS) is 17.0. The fraction of sp³-hybridized carbons (Fsp3) is 0.600. The first-order chi connectivity index (χ1) is 6.61. The summed E-state index contributed by atoms with van der Waals surface area (Å²) in [5, 5.41) is 16.2. The molecule has 4 nitrogen and oxygen atoms in total. The molecule has 14 heavy (non-hydrogen) atoms. The molecule has 0 amide bonds. The van der Waals surface area contributed by atoms with E-state index in [1.165, 1.54) is 0 Å². The summed E-state index contributed by atoms with van der Waals surface area (Å²) in [4.78, 5) is 0. The second-order valence-corrected chi connectivity index (χ2v) is 3.73. The van der Waals surface area contributed by atoms with Crippen LogP contribution in [0.5, 0.6) is 0 Å². The molecule has 1 N–H and O–H groups in total. The van der Waals surface area contributed by atoms with E-state index in [2.05, 4.69) is 23.4 Å². The molecule has 0 aliphatic rings. The summed E-state index contributed by atoms with van der Waals surface area (Å²) in [7, 11) is 1.80. The van der Waals surface area contributed by atoms with Crippen LogP contribution in [0.1, 0.15) is 26.3 Å². The van der Waals surface area contributed by atoms with E-state index in [-0.39, 0.29) is 6.04 Å². The van der Waals surface area contributed by atoms with Crippen LogP contribution in [0.15, 0.2) is 18.5 Å². The molecule has 1 aromatic heterocycles. The Morgan fingerprint density at radius 3 is 2.86 bits per heavy atom. The smallest absolute Gasteiger partial charge is 0.105 e. The van der Waals surface area contributed by atoms with Crippen LogP contribution in [0, 0.1) is 11.3 Å². The molecule has 1 rings (SSSR count). The van der Waals surface area contributed by atoms with Gasteiger partial charge in [0, 0.05) is 18.8 Å². The van der Waals surface area contributed by atoms with Gasteiger partial charge < -0.3 is 5.32 Å². The van der Waals surface area contributed by atoms with Gasteiger partial charge in [-0.3, -0.25) is 4.68 Å². The summed E-state index contributed by atoms with van der Waals surface area (Å²) in [5.74, 6) is 0. The maximum atomic E-state index is 8.99. The van der Waals surface area contributed by atoms with Gasteiger partial charge >= 0.3 is 0 Å². The van der Waals surface area contributed by atoms with Gasteiger partial charge in [-0.15, -0.1) is 0 Å². The van der Waals surface area contributed by atoms with Crippen LogP contribution < -0.4 is 5.32 Å². The van der Waals surface area contributed by atoms with Crippen molar-refractivity contribution in [2.45, 2.75) is 31.8 Å². The largest absolute Gasteiger partial charge is 0.303 e. The van der Waals surface area contributed by atoms with Crippen LogP contribution in [0.2, 0.25) is 0 Å². The number of rotatable bonds is 4. The van der Waals surface area contributed by atoms with Crippen LogP contribution in [-0.4, -0.2) is 22.4 Å². The lowest BCUT2D eigenvalue weighted by Gasteiger charge is -2.24. The van der Waals surface area contributed by atoms with Crippen LogP contribution >= 0.6 is 0 Å². The summed E-state index contributed by atoms with van der Waals surface area (Å²) < 4.78 is 1.87. The highest BCUT2D eigenvalue weighted by Crippen LogP contribution is 2.18. The number of nitrogens with one attached hydrogen (secondary N) is 1. The summed E-state index contributed by atoms with van der Waals surface area (Å²) in [6, 6.07) is 4.38. The average Bonchev–Trinajstić information content (AvgIpc) is 2.70. The van der Waals surface area contributed by atoms with Crippen LogP contribution in [0.3, 0.4) is 0 Å². The van der Waals surface area contributed by atoms with E-state index in [1.807, 2.05) is 23.9 Å². The number of hydrogen-bond acceptors (Lipinski definition) is 3. The highest BCUT2D eigenvalue weighted by Gasteiger charge is 2.24. The van der Waals surface area contributed by atoms with Crippen molar-refractivity contribution in [1.82, 2.24) is 15.1 Å². The van der Waals surface area contributed by atoms with Gasteiger partial charge in [0.1, 0.15) is 5.54 Å². The Balaban J connectivity index is 2.66. The lowest BCUT2D eigenvalue weighted by atomic mass is 9.96. The maximum Gasteiger partial charge on any atom is 0.105 e. The van der Waals surface area contributed by atoms with Gasteiger partial charge in [-0.25, -0.2) is 0 Å². The zero-order valence-electron chi connectivity index (χ0n) is 8.86. The van der Waals surface area contributed by atoms with Gasteiger partial charge in [0.05, 0.1) is 12.1 Å². The number of nitrogens with zero attached hydrogens (tertiary/aromatic N) is 3. The predicted molar refractivity (Wildman–Crippen MR) is 54.6 cm³/mol. The van der Waals surface area contributed by atoms with E-state index in [0.717, 1.165) is 6.42 Å². The van der Waals surface area contributed by atoms with Crippen LogP contribution in [-0.2, 0) is 0 Å². The molecule has 0 spiro atoms. The van der Waals surface area contributed by atoms with Gasteiger partial charge in [0.2, 0.25) is 0 Å². The molecule has 0 bridgehead atoms. The number of aromatic nitrogens is 2. The van der Waals surface area contributed by atoms with Gasteiger partial charge in [-0.05, 0) is 27.0 Å². The van der Waals surface area contributed by atoms with Crippen molar-refractivity contribution >= 4 is 0 Å². The Labute approximate surface area is 84.5 Å². The molecular weight excluding hydrogens is 176 g/mol. The third-order valence-corrected chi connectivity index (χ3v) is 2.48. The highest BCUT2D eigenvalue weighted by atomic mass is 15.3. The minimum Gasteiger partial charge on any atom is -0.303 e. The quantitative estimate of drug-likeness (QED) is 0.783. The van der Waals surface area contributed by atoms with Crippen molar-refractivity contribution in [3.8, 4) is 6.07 Å². The van der Waals surface area contributed by atoms with Crippen molar-refractivity contribution in [2.24, 2.45) is 0 Å². The van der Waals surface area contributed by atoms with Crippen molar-refractivity contribution in [2.75, 3.05) is 7.05 Å². The molecule has 4 heteroatoms. The first kappa shape index (κ1) is 10.7. The Kier molecular flexibility index (Phi) is 3.26. The Morgan fingerprint density at radius 1 is 1.71 bits per heavy atom. The second kappa shape index (κ2) is 4.25. The van der Waals surface area contributed by atoms with Crippen molar-refractivity contribution in [3.63, 3.8) is 0 Å². The van der Waals surface area contributed by atoms with Crippen molar-refractivity contribution < 1.29 is 0 Å². The molecule has 0 aliphatic heterocycles. The summed E-state index contributed by atoms with van der Waals surface area (Å²) in [6.07, 6.45) is 4.40. The zero-order chi connectivity index (χ0) is 10.6. The second-order valence-electron chi connectivity index (χ2n) is 3.73. The molecule has 0 saturated carbocycles. The first-order valence-corrected chi connectivity index (χ1v) is 4.70. The van der Waals surface area contributed by atoms with Crippen LogP contribution in [0.25, 0.3) is 0 Å². The van der Waals surface area contributed by atoms with E-state index < -0.39 is 5.54 Å². The van der Waals surface area contributed by atoms with Crippen molar-refractivity contribution in [1.29, 1.82) is 5.26 Å². The molecule has 76 valence electrons. The molecule has 0 aromatic carbocycles. The third kappa shape index (κ3) is 2.33. The third-order valence-electron chi connectivity index (χ3n) is 2.48.